The van der Waals surface area contributed by atoms with Crippen molar-refractivity contribution in [1.29, 1.82) is 0 Å². The van der Waals surface area contributed by atoms with Crippen LogP contribution in [0, 0.1) is 12.7 Å². The van der Waals surface area contributed by atoms with E-state index in [2.05, 4.69) is 4.98 Å². The molecule has 7 nitrogen and oxygen atoms in total. The predicted octanol–water partition coefficient (Wildman–Crippen LogP) is 6.56. The predicted molar refractivity (Wildman–Crippen MR) is 147 cm³/mol. The van der Waals surface area contributed by atoms with Crippen molar-refractivity contribution in [3.05, 3.63) is 98.4 Å². The van der Waals surface area contributed by atoms with Crippen molar-refractivity contribution >= 4 is 51.6 Å². The van der Waals surface area contributed by atoms with Crippen molar-refractivity contribution in [1.82, 2.24) is 9.88 Å². The van der Waals surface area contributed by atoms with Gasteiger partial charge in [0.25, 0.3) is 11.7 Å². The first-order valence-electron chi connectivity index (χ1n) is 11.9. The van der Waals surface area contributed by atoms with Crippen LogP contribution < -0.4 is 9.47 Å². The number of fused-ring (bicyclic) bond motifs is 1. The van der Waals surface area contributed by atoms with E-state index in [0.29, 0.717) is 16.8 Å². The van der Waals surface area contributed by atoms with Crippen LogP contribution in [0.25, 0.3) is 16.7 Å². The van der Waals surface area contributed by atoms with Crippen LogP contribution >= 0.6 is 23.2 Å². The summed E-state index contributed by atoms with van der Waals surface area (Å²) in [5.41, 5.74) is 2.61. The van der Waals surface area contributed by atoms with Gasteiger partial charge in [0.15, 0.2) is 11.5 Å². The standard InChI is InChI=1S/C29H23Cl2FN2O5/c1-14-21(17-6-4-5-7-20(17)33-14)24-22(25(35)18-12-19(30)28(39-3)23(31)27(18)38-2)26(36)29(37)34(24)13-15-8-10-16(32)11-9-15/h4-12,24,33,35H,13H2,1-3H3/b25-22+. The fraction of sp³-hybridized carbons (Fsp3) is 0.172. The van der Waals surface area contributed by atoms with E-state index < -0.39 is 29.3 Å². The van der Waals surface area contributed by atoms with Crippen molar-refractivity contribution < 1.29 is 28.6 Å². The minimum Gasteiger partial charge on any atom is -0.507 e. The molecule has 5 rings (SSSR count). The number of benzene rings is 3. The summed E-state index contributed by atoms with van der Waals surface area (Å²) in [7, 11) is 2.73. The summed E-state index contributed by atoms with van der Waals surface area (Å²) in [4.78, 5) is 31.8. The molecule has 3 aromatic carbocycles. The molecule has 4 aromatic rings. The van der Waals surface area contributed by atoms with Crippen molar-refractivity contribution in [2.45, 2.75) is 19.5 Å². The number of likely N-dealkylation sites (tertiary alicyclic amines) is 1. The summed E-state index contributed by atoms with van der Waals surface area (Å²) in [6.07, 6.45) is 0. The average molecular weight is 569 g/mol. The molecule has 1 aromatic heterocycles. The van der Waals surface area contributed by atoms with Crippen LogP contribution in [0.5, 0.6) is 11.5 Å². The van der Waals surface area contributed by atoms with Gasteiger partial charge in [0.05, 0.1) is 36.4 Å². The summed E-state index contributed by atoms with van der Waals surface area (Å²) in [6, 6.07) is 13.5. The molecule has 39 heavy (non-hydrogen) atoms. The number of nitrogens with one attached hydrogen (secondary N) is 1. The minimum absolute atomic E-state index is 0.00517. The number of amides is 1. The molecule has 2 N–H and O–H groups in total. The number of hydrogen-bond acceptors (Lipinski definition) is 5. The number of rotatable bonds is 6. The van der Waals surface area contributed by atoms with Gasteiger partial charge in [0.2, 0.25) is 0 Å². The Morgan fingerprint density at radius 1 is 1.05 bits per heavy atom. The van der Waals surface area contributed by atoms with Crippen LogP contribution in [-0.2, 0) is 16.1 Å². The maximum Gasteiger partial charge on any atom is 0.295 e. The van der Waals surface area contributed by atoms with E-state index in [-0.39, 0.29) is 39.2 Å². The zero-order chi connectivity index (χ0) is 28.0. The first-order valence-corrected chi connectivity index (χ1v) is 12.6. The number of aromatic amines is 1. The third-order valence-corrected chi connectivity index (χ3v) is 7.44. The normalized spacial score (nSPS) is 16.8. The van der Waals surface area contributed by atoms with Gasteiger partial charge in [-0.2, -0.15) is 0 Å². The molecule has 0 aliphatic carbocycles. The Hall–Kier alpha value is -4.01. The zero-order valence-corrected chi connectivity index (χ0v) is 22.7. The summed E-state index contributed by atoms with van der Waals surface area (Å²) >= 11 is 12.8. The maximum absolute atomic E-state index is 13.6. The SMILES string of the molecule is COc1c(Cl)cc(/C(O)=C2\C(=O)C(=O)N(Cc3ccc(F)cc3)C2c2c(C)[nH]c3ccccc23)c(OC)c1Cl. The Kier molecular flexibility index (Phi) is 7.01. The van der Waals surface area contributed by atoms with Gasteiger partial charge in [-0.05, 0) is 36.8 Å². The number of aliphatic hydroxyl groups excluding tert-OH is 1. The second-order valence-corrected chi connectivity index (χ2v) is 9.83. The second-order valence-electron chi connectivity index (χ2n) is 9.05. The highest BCUT2D eigenvalue weighted by Crippen LogP contribution is 2.48. The Morgan fingerprint density at radius 3 is 2.38 bits per heavy atom. The lowest BCUT2D eigenvalue weighted by Gasteiger charge is -2.26. The molecule has 1 aliphatic heterocycles. The quantitative estimate of drug-likeness (QED) is 0.156. The molecule has 1 unspecified atom stereocenters. The Morgan fingerprint density at radius 2 is 1.72 bits per heavy atom. The van der Waals surface area contributed by atoms with Gasteiger partial charge in [0, 0.05) is 28.7 Å². The Labute approximate surface area is 233 Å². The molecule has 0 radical (unpaired) electrons. The summed E-state index contributed by atoms with van der Waals surface area (Å²) in [5, 5.41) is 12.5. The maximum atomic E-state index is 13.6. The molecular weight excluding hydrogens is 546 g/mol. The number of Topliss-reactive ketones (excluding diaryl/α,β-unsaturated/α-hetero) is 1. The molecule has 0 saturated carbocycles. The molecule has 1 aliphatic rings. The number of para-hydroxylation sites is 1. The highest BCUT2D eigenvalue weighted by Gasteiger charge is 2.48. The third kappa shape index (κ3) is 4.39. The number of aromatic nitrogens is 1. The Balaban J connectivity index is 1.79. The highest BCUT2D eigenvalue weighted by molar-refractivity contribution is 6.47. The number of hydrogen-bond donors (Lipinski definition) is 2. The molecule has 1 atom stereocenters. The number of carbonyl (C=O) groups is 2. The van der Waals surface area contributed by atoms with Crippen molar-refractivity contribution in [3.63, 3.8) is 0 Å². The fourth-order valence-corrected chi connectivity index (χ4v) is 5.76. The van der Waals surface area contributed by atoms with E-state index in [1.54, 1.807) is 12.1 Å². The second kappa shape index (κ2) is 10.3. The van der Waals surface area contributed by atoms with Crippen LogP contribution in [0.15, 0.2) is 60.2 Å². The van der Waals surface area contributed by atoms with Crippen molar-refractivity contribution in [2.24, 2.45) is 0 Å². The fourth-order valence-electron chi connectivity index (χ4n) is 5.07. The van der Waals surface area contributed by atoms with E-state index in [9.17, 15) is 19.1 Å². The summed E-state index contributed by atoms with van der Waals surface area (Å²) < 4.78 is 24.3. The lowest BCUT2D eigenvalue weighted by molar-refractivity contribution is -0.140. The van der Waals surface area contributed by atoms with Crippen LogP contribution in [0.2, 0.25) is 10.0 Å². The molecule has 0 bridgehead atoms. The van der Waals surface area contributed by atoms with Crippen LogP contribution in [0.3, 0.4) is 0 Å². The van der Waals surface area contributed by atoms with Crippen LogP contribution in [0.1, 0.15) is 28.4 Å². The average Bonchev–Trinajstić information content (AvgIpc) is 3.37. The first-order chi connectivity index (χ1) is 18.7. The van der Waals surface area contributed by atoms with Crippen LogP contribution in [-0.4, -0.2) is 40.9 Å². The lowest BCUT2D eigenvalue weighted by atomic mass is 9.93. The number of methoxy groups -OCH3 is 2. The smallest absolute Gasteiger partial charge is 0.295 e. The number of ether oxygens (including phenoxy) is 2. The number of aliphatic hydroxyl groups is 1. The number of aryl methyl sites for hydroxylation is 1. The molecular formula is C29H23Cl2FN2O5. The van der Waals surface area contributed by atoms with Crippen molar-refractivity contribution in [3.8, 4) is 11.5 Å². The highest BCUT2D eigenvalue weighted by atomic mass is 35.5. The van der Waals surface area contributed by atoms with Crippen LogP contribution in [0.4, 0.5) is 4.39 Å². The lowest BCUT2D eigenvalue weighted by Crippen LogP contribution is -2.29. The molecule has 1 saturated heterocycles. The first kappa shape index (κ1) is 26.6. The molecule has 0 spiro atoms. The van der Waals surface area contributed by atoms with Gasteiger partial charge < -0.3 is 24.5 Å². The zero-order valence-electron chi connectivity index (χ0n) is 21.1. The largest absolute Gasteiger partial charge is 0.507 e. The minimum atomic E-state index is -0.990. The van der Waals surface area contributed by atoms with Gasteiger partial charge in [-0.15, -0.1) is 0 Å². The van der Waals surface area contributed by atoms with E-state index in [1.165, 1.54) is 37.3 Å². The van der Waals surface area contributed by atoms with E-state index in [0.717, 1.165) is 10.9 Å². The third-order valence-electron chi connectivity index (χ3n) is 6.82. The summed E-state index contributed by atoms with van der Waals surface area (Å²) in [6.45, 7) is 1.82. The van der Waals surface area contributed by atoms with Gasteiger partial charge in [0.1, 0.15) is 16.6 Å². The van der Waals surface area contributed by atoms with E-state index in [1.807, 2.05) is 31.2 Å². The summed E-state index contributed by atoms with van der Waals surface area (Å²) in [5.74, 6) is -2.49. The van der Waals surface area contributed by atoms with Crippen molar-refractivity contribution in [2.75, 3.05) is 14.2 Å². The number of nitrogens with zero attached hydrogens (tertiary/aromatic N) is 1. The van der Waals surface area contributed by atoms with Gasteiger partial charge in [-0.3, -0.25) is 9.59 Å². The van der Waals surface area contributed by atoms with Gasteiger partial charge in [-0.25, -0.2) is 4.39 Å². The Bertz CT molecular complexity index is 1660. The van der Waals surface area contributed by atoms with E-state index >= 15 is 0 Å². The number of ketones is 1. The molecule has 200 valence electrons. The number of halogens is 3. The molecule has 2 heterocycles. The topological polar surface area (TPSA) is 91.9 Å². The van der Waals surface area contributed by atoms with E-state index in [4.69, 9.17) is 32.7 Å². The van der Waals surface area contributed by atoms with Gasteiger partial charge >= 0.3 is 0 Å². The molecule has 1 fully saturated rings. The van der Waals surface area contributed by atoms with Gasteiger partial charge in [-0.1, -0.05) is 53.5 Å². The molecule has 1 amide bonds. The molecule has 10 heteroatoms. The monoisotopic (exact) mass is 568 g/mol. The number of H-pyrrole nitrogens is 1. The number of carbonyl (C=O) groups excluding carboxylic acids is 2.